The van der Waals surface area contributed by atoms with Gasteiger partial charge in [0, 0.05) is 37.6 Å². The molecule has 7 heteroatoms. The van der Waals surface area contributed by atoms with Crippen LogP contribution in [-0.2, 0) is 14.3 Å². The van der Waals surface area contributed by atoms with Crippen LogP contribution < -0.4 is 10.2 Å². The van der Waals surface area contributed by atoms with E-state index in [9.17, 15) is 9.59 Å². The Bertz CT molecular complexity index is 581. The molecule has 0 aromatic heterocycles. The van der Waals surface area contributed by atoms with E-state index < -0.39 is 0 Å². The Morgan fingerprint density at radius 1 is 1.08 bits per heavy atom. The van der Waals surface area contributed by atoms with Gasteiger partial charge in [-0.3, -0.25) is 14.5 Å². The lowest BCUT2D eigenvalue weighted by Gasteiger charge is -2.29. The first-order valence-electron chi connectivity index (χ1n) is 9.22. The smallest absolute Gasteiger partial charge is 0.238 e. The van der Waals surface area contributed by atoms with E-state index in [2.05, 4.69) is 10.2 Å². The van der Waals surface area contributed by atoms with E-state index in [4.69, 9.17) is 4.74 Å². The first-order chi connectivity index (χ1) is 12.5. The maximum absolute atomic E-state index is 12.2. The number of rotatable bonds is 8. The van der Waals surface area contributed by atoms with Crippen molar-refractivity contribution in [3.8, 4) is 0 Å². The number of likely N-dealkylation sites (N-methyl/N-ethyl adjacent to an activating group) is 2. The van der Waals surface area contributed by atoms with Crippen molar-refractivity contribution in [1.29, 1.82) is 0 Å². The minimum absolute atomic E-state index is 0.0418. The fourth-order valence-electron chi connectivity index (χ4n) is 2.99. The van der Waals surface area contributed by atoms with Crippen LogP contribution >= 0.6 is 0 Å². The normalized spacial score (nSPS) is 14.4. The second-order valence-corrected chi connectivity index (χ2v) is 6.43. The molecule has 0 atom stereocenters. The Balaban J connectivity index is 1.80. The monoisotopic (exact) mass is 362 g/mol. The van der Waals surface area contributed by atoms with Crippen molar-refractivity contribution in [2.75, 3.05) is 69.7 Å². The minimum atomic E-state index is -0.126. The van der Waals surface area contributed by atoms with Gasteiger partial charge in [-0.2, -0.15) is 0 Å². The Hall–Kier alpha value is -2.12. The molecule has 0 aliphatic carbocycles. The number of nitrogens with zero attached hydrogens (tertiary/aromatic N) is 3. The molecule has 2 amide bonds. The summed E-state index contributed by atoms with van der Waals surface area (Å²) in [5, 5.41) is 2.88. The van der Waals surface area contributed by atoms with Crippen molar-refractivity contribution < 1.29 is 14.3 Å². The lowest BCUT2D eigenvalue weighted by molar-refractivity contribution is -0.132. The molecule has 0 radical (unpaired) electrons. The number of amides is 2. The highest BCUT2D eigenvalue weighted by molar-refractivity contribution is 5.92. The van der Waals surface area contributed by atoms with Gasteiger partial charge in [-0.15, -0.1) is 0 Å². The minimum Gasteiger partial charge on any atom is -0.378 e. The van der Waals surface area contributed by atoms with Crippen molar-refractivity contribution in [2.45, 2.75) is 13.8 Å². The molecule has 1 N–H and O–H groups in total. The van der Waals surface area contributed by atoms with Crippen LogP contribution in [0.1, 0.15) is 13.8 Å². The molecule has 0 bridgehead atoms. The summed E-state index contributed by atoms with van der Waals surface area (Å²) in [6, 6.07) is 7.83. The summed E-state index contributed by atoms with van der Waals surface area (Å²) in [4.78, 5) is 30.0. The highest BCUT2D eigenvalue weighted by Gasteiger charge is 2.15. The third-order valence-electron chi connectivity index (χ3n) is 4.46. The summed E-state index contributed by atoms with van der Waals surface area (Å²) in [5.41, 5.74) is 1.89. The average molecular weight is 362 g/mol. The number of carbonyl (C=O) groups is 2. The summed E-state index contributed by atoms with van der Waals surface area (Å²) < 4.78 is 5.36. The van der Waals surface area contributed by atoms with E-state index in [1.807, 2.05) is 38.1 Å². The Labute approximate surface area is 155 Å². The number of anilines is 2. The zero-order valence-electron chi connectivity index (χ0n) is 16.0. The predicted molar refractivity (Wildman–Crippen MR) is 104 cm³/mol. The number of morpholine rings is 1. The molecule has 144 valence electrons. The maximum atomic E-state index is 12.2. The fourth-order valence-corrected chi connectivity index (χ4v) is 2.99. The Morgan fingerprint density at radius 3 is 2.27 bits per heavy atom. The molecule has 1 saturated heterocycles. The summed E-state index contributed by atoms with van der Waals surface area (Å²) in [7, 11) is 1.78. The Kier molecular flexibility index (Phi) is 7.87. The lowest BCUT2D eigenvalue weighted by Crippen LogP contribution is -2.41. The summed E-state index contributed by atoms with van der Waals surface area (Å²) >= 11 is 0. The molecule has 1 aliphatic rings. The zero-order valence-corrected chi connectivity index (χ0v) is 16.0. The highest BCUT2D eigenvalue weighted by Crippen LogP contribution is 2.19. The molecule has 0 spiro atoms. The van der Waals surface area contributed by atoms with Gasteiger partial charge in [0.05, 0.1) is 26.3 Å². The summed E-state index contributed by atoms with van der Waals surface area (Å²) in [6.07, 6.45) is 0. The van der Waals surface area contributed by atoms with Crippen molar-refractivity contribution in [2.24, 2.45) is 0 Å². The zero-order chi connectivity index (χ0) is 18.9. The quantitative estimate of drug-likeness (QED) is 0.754. The number of hydrogen-bond donors (Lipinski definition) is 1. The maximum Gasteiger partial charge on any atom is 0.238 e. The van der Waals surface area contributed by atoms with Crippen LogP contribution in [0.3, 0.4) is 0 Å². The van der Waals surface area contributed by atoms with Gasteiger partial charge in [-0.05, 0) is 45.2 Å². The van der Waals surface area contributed by atoms with Crippen LogP contribution in [0.5, 0.6) is 0 Å². The van der Waals surface area contributed by atoms with Gasteiger partial charge in [-0.1, -0.05) is 0 Å². The van der Waals surface area contributed by atoms with Crippen LogP contribution in [0.25, 0.3) is 0 Å². The summed E-state index contributed by atoms with van der Waals surface area (Å²) in [6.45, 7) is 8.96. The van der Waals surface area contributed by atoms with Gasteiger partial charge in [-0.25, -0.2) is 0 Å². The SMILES string of the molecule is CCN(CC)C(=O)CN(C)CC(=O)Nc1ccc(N2CCOCC2)cc1. The third-order valence-corrected chi connectivity index (χ3v) is 4.46. The topological polar surface area (TPSA) is 65.1 Å². The molecule has 1 fully saturated rings. The second-order valence-electron chi connectivity index (χ2n) is 6.43. The largest absolute Gasteiger partial charge is 0.378 e. The summed E-state index contributed by atoms with van der Waals surface area (Å²) in [5.74, 6) is -0.0841. The van der Waals surface area contributed by atoms with Gasteiger partial charge in [0.15, 0.2) is 0 Å². The van der Waals surface area contributed by atoms with E-state index in [-0.39, 0.29) is 24.9 Å². The van der Waals surface area contributed by atoms with Crippen LogP contribution in [0.4, 0.5) is 11.4 Å². The van der Waals surface area contributed by atoms with Crippen LogP contribution in [0.2, 0.25) is 0 Å². The van der Waals surface area contributed by atoms with E-state index in [0.29, 0.717) is 13.1 Å². The molecule has 1 aliphatic heterocycles. The number of carbonyl (C=O) groups excluding carboxylic acids is 2. The van der Waals surface area contributed by atoms with E-state index in [1.165, 1.54) is 0 Å². The highest BCUT2D eigenvalue weighted by atomic mass is 16.5. The van der Waals surface area contributed by atoms with Crippen LogP contribution in [0, 0.1) is 0 Å². The van der Waals surface area contributed by atoms with Crippen LogP contribution in [0.15, 0.2) is 24.3 Å². The van der Waals surface area contributed by atoms with Crippen molar-refractivity contribution in [1.82, 2.24) is 9.80 Å². The molecule has 0 saturated carbocycles. The van der Waals surface area contributed by atoms with Crippen LogP contribution in [-0.4, -0.2) is 81.1 Å². The molecular formula is C19H30N4O3. The number of benzene rings is 1. The molecule has 1 aromatic rings. The Morgan fingerprint density at radius 2 is 1.69 bits per heavy atom. The van der Waals surface area contributed by atoms with E-state index in [0.717, 1.165) is 37.7 Å². The van der Waals surface area contributed by atoms with Crippen molar-refractivity contribution >= 4 is 23.2 Å². The van der Waals surface area contributed by atoms with E-state index >= 15 is 0 Å². The molecule has 1 aromatic carbocycles. The molecule has 26 heavy (non-hydrogen) atoms. The number of hydrogen-bond acceptors (Lipinski definition) is 5. The van der Waals surface area contributed by atoms with Gasteiger partial charge in [0.25, 0.3) is 0 Å². The molecule has 0 unspecified atom stereocenters. The molecule has 1 heterocycles. The third kappa shape index (κ3) is 6.00. The molecule has 7 nitrogen and oxygen atoms in total. The standard InChI is InChI=1S/C19H30N4O3/c1-4-22(5-2)19(25)15-21(3)14-18(24)20-16-6-8-17(9-7-16)23-10-12-26-13-11-23/h6-9H,4-5,10-15H2,1-3H3,(H,20,24). The van der Waals surface area contributed by atoms with Gasteiger partial charge in [0.2, 0.25) is 11.8 Å². The molecular weight excluding hydrogens is 332 g/mol. The fraction of sp³-hybridized carbons (Fsp3) is 0.579. The van der Waals surface area contributed by atoms with E-state index in [1.54, 1.807) is 16.8 Å². The lowest BCUT2D eigenvalue weighted by atomic mass is 10.2. The van der Waals surface area contributed by atoms with Gasteiger partial charge in [0.1, 0.15) is 0 Å². The average Bonchev–Trinajstić information content (AvgIpc) is 2.63. The first-order valence-corrected chi connectivity index (χ1v) is 9.22. The number of nitrogens with one attached hydrogen (secondary N) is 1. The van der Waals surface area contributed by atoms with Gasteiger partial charge < -0.3 is 19.9 Å². The van der Waals surface area contributed by atoms with Crippen molar-refractivity contribution in [3.05, 3.63) is 24.3 Å². The van der Waals surface area contributed by atoms with Crippen molar-refractivity contribution in [3.63, 3.8) is 0 Å². The van der Waals surface area contributed by atoms with Gasteiger partial charge >= 0.3 is 0 Å². The molecule has 2 rings (SSSR count). The first kappa shape index (κ1) is 20.2. The number of ether oxygens (including phenoxy) is 1. The predicted octanol–water partition coefficient (Wildman–Crippen LogP) is 1.26. The second kappa shape index (κ2) is 10.1.